The van der Waals surface area contributed by atoms with E-state index in [4.69, 9.17) is 21.4 Å². The molecule has 2 aromatic carbocycles. The van der Waals surface area contributed by atoms with Gasteiger partial charge in [0.05, 0.1) is 18.1 Å². The monoisotopic (exact) mass is 432 g/mol. The highest BCUT2D eigenvalue weighted by atomic mass is 35.5. The molecule has 3 rings (SSSR count). The second-order valence-electron chi connectivity index (χ2n) is 6.99. The van der Waals surface area contributed by atoms with Crippen LogP contribution in [0.1, 0.15) is 29.9 Å². The largest absolute Gasteiger partial charge is 0.490 e. The molecule has 2 amide bonds. The molecule has 0 spiro atoms. The van der Waals surface area contributed by atoms with Gasteiger partial charge in [0.25, 0.3) is 0 Å². The number of carbonyl (C=O) groups excluding carboxylic acids is 2. The van der Waals surface area contributed by atoms with Crippen LogP contribution in [0, 0.1) is 12.7 Å². The lowest BCUT2D eigenvalue weighted by Gasteiger charge is -2.24. The number of rotatable bonds is 7. The molecule has 1 heterocycles. The normalized spacial score (nSPS) is 15.9. The van der Waals surface area contributed by atoms with E-state index in [9.17, 15) is 14.0 Å². The van der Waals surface area contributed by atoms with E-state index in [1.807, 2.05) is 0 Å². The van der Waals surface area contributed by atoms with Crippen molar-refractivity contribution in [3.8, 4) is 5.75 Å². The summed E-state index contributed by atoms with van der Waals surface area (Å²) in [5.41, 5.74) is 2.79. The van der Waals surface area contributed by atoms with E-state index >= 15 is 0 Å². The van der Waals surface area contributed by atoms with Gasteiger partial charge in [-0.25, -0.2) is 4.39 Å². The molecule has 1 aliphatic heterocycles. The minimum atomic E-state index is -0.361. The number of halogens is 2. The first kappa shape index (κ1) is 21.8. The minimum Gasteiger partial charge on any atom is -0.490 e. The van der Waals surface area contributed by atoms with Crippen LogP contribution in [0.2, 0.25) is 5.02 Å². The lowest BCUT2D eigenvalue weighted by atomic mass is 9.85. The lowest BCUT2D eigenvalue weighted by Crippen LogP contribution is -2.28. The van der Waals surface area contributed by atoms with Gasteiger partial charge in [-0.1, -0.05) is 23.7 Å². The number of benzene rings is 2. The Morgan fingerprint density at radius 3 is 2.77 bits per heavy atom. The van der Waals surface area contributed by atoms with Crippen LogP contribution in [0.4, 0.5) is 10.1 Å². The Labute approximate surface area is 178 Å². The van der Waals surface area contributed by atoms with Gasteiger partial charge in [-0.3, -0.25) is 9.59 Å². The quantitative estimate of drug-likeness (QED) is 0.623. The maximum absolute atomic E-state index is 13.3. The van der Waals surface area contributed by atoms with Crippen LogP contribution >= 0.6 is 11.6 Å². The van der Waals surface area contributed by atoms with Gasteiger partial charge in [-0.05, 0) is 41.8 Å². The number of aliphatic hydroxyl groups excluding tert-OH is 1. The number of ether oxygens (including phenoxy) is 1. The molecular weight excluding hydrogens is 411 g/mol. The minimum absolute atomic E-state index is 0.0528. The van der Waals surface area contributed by atoms with Crippen molar-refractivity contribution in [3.05, 3.63) is 70.1 Å². The topological polar surface area (TPSA) is 87.7 Å². The highest BCUT2D eigenvalue weighted by Crippen LogP contribution is 2.34. The van der Waals surface area contributed by atoms with Crippen LogP contribution in [0.25, 0.3) is 0 Å². The molecule has 6 nitrogen and oxygen atoms in total. The van der Waals surface area contributed by atoms with Crippen molar-refractivity contribution in [2.45, 2.75) is 25.7 Å². The summed E-state index contributed by atoms with van der Waals surface area (Å²) < 4.78 is 18.7. The Kier molecular flexibility index (Phi) is 7.07. The summed E-state index contributed by atoms with van der Waals surface area (Å²) in [5.74, 6) is -0.740. The summed E-state index contributed by atoms with van der Waals surface area (Å²) >= 11 is 6.15. The van der Waals surface area contributed by atoms with Crippen LogP contribution in [0.15, 0.2) is 48.2 Å². The molecule has 3 N–H and O–H groups in total. The zero-order valence-electron chi connectivity index (χ0n) is 16.4. The SMILES string of the molecule is Cc1cc(Cl)c(OCCO)cc1NC(=O)CC1=CNC(=O)CC1c1ccc(F)cc1. The average molecular weight is 433 g/mol. The molecule has 1 atom stereocenters. The maximum atomic E-state index is 13.3. The average Bonchev–Trinajstić information content (AvgIpc) is 2.71. The summed E-state index contributed by atoms with van der Waals surface area (Å²) in [6.45, 7) is 1.73. The number of hydrogen-bond donors (Lipinski definition) is 3. The fraction of sp³-hybridized carbons (Fsp3) is 0.273. The molecule has 1 unspecified atom stereocenters. The van der Waals surface area contributed by atoms with Gasteiger partial charge in [-0.15, -0.1) is 0 Å². The molecule has 8 heteroatoms. The van der Waals surface area contributed by atoms with E-state index in [1.165, 1.54) is 12.1 Å². The molecule has 158 valence electrons. The fourth-order valence-corrected chi connectivity index (χ4v) is 3.56. The van der Waals surface area contributed by atoms with E-state index in [1.54, 1.807) is 37.4 Å². The predicted octanol–water partition coefficient (Wildman–Crippen LogP) is 3.67. The maximum Gasteiger partial charge on any atom is 0.228 e. The standard InChI is InChI=1S/C22H22ClFN2O4/c1-13-8-18(23)20(30-7-6-27)11-19(13)26-22(29)9-15-12-25-21(28)10-17(15)14-2-4-16(24)5-3-14/h2-5,8,11-12,17,27H,6-7,9-10H2,1H3,(H,25,28)(H,26,29). The second-order valence-corrected chi connectivity index (χ2v) is 7.40. The van der Waals surface area contributed by atoms with Crippen molar-refractivity contribution in [1.29, 1.82) is 0 Å². The number of aryl methyl sites for hydroxylation is 1. The number of aliphatic hydroxyl groups is 1. The highest BCUT2D eigenvalue weighted by molar-refractivity contribution is 6.32. The van der Waals surface area contributed by atoms with Crippen LogP contribution in [-0.4, -0.2) is 30.1 Å². The zero-order chi connectivity index (χ0) is 21.7. The molecule has 0 bridgehead atoms. The number of amides is 2. The van der Waals surface area contributed by atoms with E-state index in [0.717, 1.165) is 16.7 Å². The Morgan fingerprint density at radius 2 is 2.07 bits per heavy atom. The van der Waals surface area contributed by atoms with Crippen molar-refractivity contribution in [1.82, 2.24) is 5.32 Å². The van der Waals surface area contributed by atoms with Crippen molar-refractivity contribution in [3.63, 3.8) is 0 Å². The van der Waals surface area contributed by atoms with Crippen molar-refractivity contribution in [2.24, 2.45) is 0 Å². The number of carbonyl (C=O) groups is 2. The van der Waals surface area contributed by atoms with Crippen LogP contribution < -0.4 is 15.4 Å². The van der Waals surface area contributed by atoms with E-state index in [0.29, 0.717) is 16.5 Å². The molecule has 0 saturated heterocycles. The van der Waals surface area contributed by atoms with Gasteiger partial charge >= 0.3 is 0 Å². The Bertz CT molecular complexity index is 976. The smallest absolute Gasteiger partial charge is 0.228 e. The summed E-state index contributed by atoms with van der Waals surface area (Å²) in [6, 6.07) is 9.21. The molecule has 0 saturated carbocycles. The molecule has 2 aromatic rings. The summed E-state index contributed by atoms with van der Waals surface area (Å²) in [6.07, 6.45) is 1.78. The number of hydrogen-bond acceptors (Lipinski definition) is 4. The summed E-state index contributed by atoms with van der Waals surface area (Å²) in [4.78, 5) is 24.6. The van der Waals surface area contributed by atoms with Crippen LogP contribution in [0.3, 0.4) is 0 Å². The lowest BCUT2D eigenvalue weighted by molar-refractivity contribution is -0.121. The van der Waals surface area contributed by atoms with Gasteiger partial charge in [-0.2, -0.15) is 0 Å². The van der Waals surface area contributed by atoms with Gasteiger partial charge in [0.2, 0.25) is 11.8 Å². The van der Waals surface area contributed by atoms with Crippen molar-refractivity contribution < 1.29 is 23.8 Å². The first-order chi connectivity index (χ1) is 14.4. The van der Waals surface area contributed by atoms with Crippen LogP contribution in [-0.2, 0) is 9.59 Å². The first-order valence-corrected chi connectivity index (χ1v) is 9.82. The van der Waals surface area contributed by atoms with Gasteiger partial charge in [0.1, 0.15) is 18.2 Å². The summed E-state index contributed by atoms with van der Waals surface area (Å²) in [7, 11) is 0. The third-order valence-electron chi connectivity index (χ3n) is 4.79. The number of nitrogens with one attached hydrogen (secondary N) is 2. The van der Waals surface area contributed by atoms with E-state index < -0.39 is 0 Å². The number of anilines is 1. The van der Waals surface area contributed by atoms with E-state index in [2.05, 4.69) is 10.6 Å². The molecule has 0 aliphatic carbocycles. The highest BCUT2D eigenvalue weighted by Gasteiger charge is 2.26. The third-order valence-corrected chi connectivity index (χ3v) is 5.09. The zero-order valence-corrected chi connectivity index (χ0v) is 17.1. The third kappa shape index (κ3) is 5.37. The Morgan fingerprint density at radius 1 is 1.33 bits per heavy atom. The molecule has 0 radical (unpaired) electrons. The van der Waals surface area contributed by atoms with Gasteiger partial charge < -0.3 is 20.5 Å². The van der Waals surface area contributed by atoms with E-state index in [-0.39, 0.29) is 49.6 Å². The molecule has 1 aliphatic rings. The Hall–Kier alpha value is -2.90. The van der Waals surface area contributed by atoms with Crippen molar-refractivity contribution >= 4 is 29.1 Å². The fourth-order valence-electron chi connectivity index (χ4n) is 3.28. The van der Waals surface area contributed by atoms with Gasteiger partial charge in [0, 0.05) is 30.3 Å². The first-order valence-electron chi connectivity index (χ1n) is 9.44. The predicted molar refractivity (Wildman–Crippen MR) is 112 cm³/mol. The Balaban J connectivity index is 1.76. The molecular formula is C22H22ClFN2O4. The summed E-state index contributed by atoms with van der Waals surface area (Å²) in [5, 5.41) is 14.8. The molecule has 30 heavy (non-hydrogen) atoms. The molecule has 0 fully saturated rings. The molecule has 0 aromatic heterocycles. The van der Waals surface area contributed by atoms with Crippen LogP contribution in [0.5, 0.6) is 5.75 Å². The van der Waals surface area contributed by atoms with Crippen molar-refractivity contribution in [2.75, 3.05) is 18.5 Å². The van der Waals surface area contributed by atoms with Gasteiger partial charge in [0.15, 0.2) is 0 Å². The second kappa shape index (κ2) is 9.73.